The Morgan fingerprint density at radius 2 is 2.00 bits per heavy atom. The van der Waals surface area contributed by atoms with Gasteiger partial charge >= 0.3 is 0 Å². The van der Waals surface area contributed by atoms with Crippen molar-refractivity contribution >= 4 is 11.8 Å². The number of nitrogens with one attached hydrogen (secondary N) is 1. The van der Waals surface area contributed by atoms with E-state index in [-0.39, 0.29) is 12.6 Å². The van der Waals surface area contributed by atoms with Gasteiger partial charge in [0.25, 0.3) is 0 Å². The van der Waals surface area contributed by atoms with E-state index < -0.39 is 0 Å². The highest BCUT2D eigenvalue weighted by Crippen LogP contribution is 2.23. The van der Waals surface area contributed by atoms with Gasteiger partial charge in [0.05, 0.1) is 6.61 Å². The topological polar surface area (TPSA) is 32.3 Å². The van der Waals surface area contributed by atoms with Crippen LogP contribution in [0, 0.1) is 0 Å². The first-order valence-corrected chi connectivity index (χ1v) is 5.46. The maximum Gasteiger partial charge on any atom is 0.0592 e. The maximum atomic E-state index is 8.98. The van der Waals surface area contributed by atoms with Gasteiger partial charge in [-0.2, -0.15) is 11.8 Å². The van der Waals surface area contributed by atoms with Gasteiger partial charge in [-0.05, 0) is 6.54 Å². The van der Waals surface area contributed by atoms with E-state index in [4.69, 9.17) is 5.11 Å². The van der Waals surface area contributed by atoms with Gasteiger partial charge in [0.15, 0.2) is 0 Å². The van der Waals surface area contributed by atoms with Crippen molar-refractivity contribution in [2.45, 2.75) is 38.5 Å². The quantitative estimate of drug-likeness (QED) is 0.690. The van der Waals surface area contributed by atoms with E-state index in [1.54, 1.807) is 0 Å². The second kappa shape index (κ2) is 5.84. The van der Waals surface area contributed by atoms with Crippen LogP contribution in [0.15, 0.2) is 0 Å². The number of hydrogen-bond acceptors (Lipinski definition) is 3. The first-order chi connectivity index (χ1) is 5.49. The van der Waals surface area contributed by atoms with Crippen molar-refractivity contribution in [1.82, 2.24) is 5.32 Å². The van der Waals surface area contributed by atoms with E-state index in [1.807, 2.05) is 11.8 Å². The summed E-state index contributed by atoms with van der Waals surface area (Å²) in [7, 11) is 0. The minimum Gasteiger partial charge on any atom is -0.395 e. The molecule has 1 unspecified atom stereocenters. The summed E-state index contributed by atoms with van der Waals surface area (Å²) in [4.78, 5) is 0. The summed E-state index contributed by atoms with van der Waals surface area (Å²) >= 11 is 1.88. The van der Waals surface area contributed by atoms with Crippen LogP contribution >= 0.6 is 11.8 Å². The van der Waals surface area contributed by atoms with Crippen LogP contribution in [0.2, 0.25) is 0 Å². The molecule has 12 heavy (non-hydrogen) atoms. The van der Waals surface area contributed by atoms with Gasteiger partial charge in [-0.3, -0.25) is 0 Å². The molecule has 1 atom stereocenters. The van der Waals surface area contributed by atoms with Gasteiger partial charge < -0.3 is 10.4 Å². The minimum absolute atomic E-state index is 0.233. The van der Waals surface area contributed by atoms with Gasteiger partial charge in [0.1, 0.15) is 0 Å². The molecule has 2 N–H and O–H groups in total. The van der Waals surface area contributed by atoms with Gasteiger partial charge in [-0.25, -0.2) is 0 Å². The molecule has 0 rings (SSSR count). The molecule has 0 saturated carbocycles. The molecule has 0 saturated heterocycles. The summed E-state index contributed by atoms with van der Waals surface area (Å²) in [5.74, 6) is 0.980. The van der Waals surface area contributed by atoms with Crippen molar-refractivity contribution in [1.29, 1.82) is 0 Å². The van der Waals surface area contributed by atoms with Crippen LogP contribution in [0.25, 0.3) is 0 Å². The first-order valence-electron chi connectivity index (χ1n) is 4.47. The van der Waals surface area contributed by atoms with Gasteiger partial charge in [0.2, 0.25) is 0 Å². The molecule has 0 fully saturated rings. The van der Waals surface area contributed by atoms with Crippen LogP contribution in [0.5, 0.6) is 0 Å². The molecule has 0 amide bonds. The summed E-state index contributed by atoms with van der Waals surface area (Å²) in [5.41, 5.74) is 0. The van der Waals surface area contributed by atoms with Crippen molar-refractivity contribution in [2.75, 3.05) is 18.9 Å². The van der Waals surface area contributed by atoms with Crippen LogP contribution in [-0.4, -0.2) is 34.8 Å². The Kier molecular flexibility index (Phi) is 5.97. The predicted molar refractivity (Wildman–Crippen MR) is 56.8 cm³/mol. The van der Waals surface area contributed by atoms with Gasteiger partial charge in [0, 0.05) is 16.5 Å². The van der Waals surface area contributed by atoms with Crippen molar-refractivity contribution in [2.24, 2.45) is 0 Å². The molecule has 0 spiro atoms. The summed E-state index contributed by atoms with van der Waals surface area (Å²) in [5, 5.41) is 12.2. The van der Waals surface area contributed by atoms with Crippen LogP contribution in [0.1, 0.15) is 27.7 Å². The summed E-state index contributed by atoms with van der Waals surface area (Å²) < 4.78 is 0.294. The molecule has 0 aromatic heterocycles. The van der Waals surface area contributed by atoms with Crippen LogP contribution in [0.3, 0.4) is 0 Å². The van der Waals surface area contributed by atoms with E-state index in [2.05, 4.69) is 33.0 Å². The van der Waals surface area contributed by atoms with Crippen LogP contribution in [0.4, 0.5) is 0 Å². The molecular formula is C9H21NOS. The molecule has 0 aliphatic heterocycles. The van der Waals surface area contributed by atoms with Gasteiger partial charge in [-0.1, -0.05) is 27.7 Å². The fraction of sp³-hybridized carbons (Fsp3) is 1.00. The lowest BCUT2D eigenvalue weighted by molar-refractivity contribution is 0.255. The molecule has 0 heterocycles. The van der Waals surface area contributed by atoms with Crippen LogP contribution in [-0.2, 0) is 0 Å². The Hall–Kier alpha value is 0.270. The highest BCUT2D eigenvalue weighted by molar-refractivity contribution is 8.00. The molecule has 0 radical (unpaired) electrons. The SMILES string of the molecule is CCNC(CO)CSC(C)(C)C. The summed E-state index contributed by atoms with van der Waals surface area (Å²) in [6.45, 7) is 9.80. The lowest BCUT2D eigenvalue weighted by Gasteiger charge is -2.22. The van der Waals surface area contributed by atoms with Crippen molar-refractivity contribution in [3.05, 3.63) is 0 Å². The molecule has 74 valence electrons. The molecule has 2 nitrogen and oxygen atoms in total. The second-order valence-electron chi connectivity index (χ2n) is 3.86. The number of hydrogen-bond donors (Lipinski definition) is 2. The third-order valence-corrected chi connectivity index (χ3v) is 2.87. The number of aliphatic hydroxyl groups is 1. The van der Waals surface area contributed by atoms with Crippen molar-refractivity contribution in [3.63, 3.8) is 0 Å². The van der Waals surface area contributed by atoms with Crippen molar-refractivity contribution < 1.29 is 5.11 Å². The Morgan fingerprint density at radius 3 is 2.33 bits per heavy atom. The summed E-state index contributed by atoms with van der Waals surface area (Å²) in [6.07, 6.45) is 0. The number of aliphatic hydroxyl groups excluding tert-OH is 1. The maximum absolute atomic E-state index is 8.98. The Bertz CT molecular complexity index is 112. The Balaban J connectivity index is 3.58. The van der Waals surface area contributed by atoms with Crippen LogP contribution < -0.4 is 5.32 Å². The van der Waals surface area contributed by atoms with E-state index in [0.29, 0.717) is 4.75 Å². The molecule has 0 aliphatic rings. The smallest absolute Gasteiger partial charge is 0.0592 e. The highest BCUT2D eigenvalue weighted by atomic mass is 32.2. The molecule has 0 aromatic rings. The normalized spacial score (nSPS) is 14.8. The third-order valence-electron chi connectivity index (χ3n) is 1.43. The average Bonchev–Trinajstić information content (AvgIpc) is 1.96. The monoisotopic (exact) mass is 191 g/mol. The van der Waals surface area contributed by atoms with E-state index in [9.17, 15) is 0 Å². The number of thioether (sulfide) groups is 1. The lowest BCUT2D eigenvalue weighted by atomic mass is 10.3. The Labute approximate surface area is 80.1 Å². The average molecular weight is 191 g/mol. The fourth-order valence-corrected chi connectivity index (χ4v) is 1.74. The molecule has 0 aromatic carbocycles. The standard InChI is InChI=1S/C9H21NOS/c1-5-10-8(6-11)7-12-9(2,3)4/h8,10-11H,5-7H2,1-4H3. The lowest BCUT2D eigenvalue weighted by Crippen LogP contribution is -2.35. The van der Waals surface area contributed by atoms with Crippen molar-refractivity contribution in [3.8, 4) is 0 Å². The summed E-state index contributed by atoms with van der Waals surface area (Å²) in [6, 6.07) is 0.249. The zero-order valence-corrected chi connectivity index (χ0v) is 9.37. The minimum atomic E-state index is 0.233. The van der Waals surface area contributed by atoms with E-state index in [1.165, 1.54) is 0 Å². The number of likely N-dealkylation sites (N-methyl/N-ethyl adjacent to an activating group) is 1. The predicted octanol–water partition coefficient (Wildman–Crippen LogP) is 1.49. The Morgan fingerprint density at radius 1 is 1.42 bits per heavy atom. The number of rotatable bonds is 5. The zero-order valence-electron chi connectivity index (χ0n) is 8.55. The largest absolute Gasteiger partial charge is 0.395 e. The molecular weight excluding hydrogens is 170 g/mol. The van der Waals surface area contributed by atoms with E-state index in [0.717, 1.165) is 12.3 Å². The third kappa shape index (κ3) is 6.95. The van der Waals surface area contributed by atoms with E-state index >= 15 is 0 Å². The second-order valence-corrected chi connectivity index (χ2v) is 5.71. The first kappa shape index (κ1) is 12.3. The zero-order chi connectivity index (χ0) is 9.61. The fourth-order valence-electron chi connectivity index (χ4n) is 0.815. The molecule has 0 bridgehead atoms. The molecule has 3 heteroatoms. The van der Waals surface area contributed by atoms with Gasteiger partial charge in [-0.15, -0.1) is 0 Å². The highest BCUT2D eigenvalue weighted by Gasteiger charge is 2.14. The molecule has 0 aliphatic carbocycles.